The van der Waals surface area contributed by atoms with Crippen molar-refractivity contribution in [1.29, 1.82) is 10.5 Å². The summed E-state index contributed by atoms with van der Waals surface area (Å²) in [6, 6.07) is 9.59. The van der Waals surface area contributed by atoms with Crippen molar-refractivity contribution >= 4 is 0 Å². The van der Waals surface area contributed by atoms with Gasteiger partial charge in [0.05, 0.1) is 11.1 Å². The third-order valence-electron chi connectivity index (χ3n) is 2.18. The van der Waals surface area contributed by atoms with Crippen LogP contribution in [0.3, 0.4) is 0 Å². The van der Waals surface area contributed by atoms with Crippen molar-refractivity contribution < 1.29 is 0 Å². The maximum atomic E-state index is 8.93. The van der Waals surface area contributed by atoms with Gasteiger partial charge in [0.1, 0.15) is 12.1 Å². The third kappa shape index (κ3) is 2.12. The average molecular weight is 184 g/mol. The zero-order valence-electron chi connectivity index (χ0n) is 8.25. The van der Waals surface area contributed by atoms with Crippen LogP contribution in [-0.4, -0.2) is 0 Å². The van der Waals surface area contributed by atoms with Crippen molar-refractivity contribution in [2.45, 2.75) is 26.2 Å². The van der Waals surface area contributed by atoms with Crippen molar-refractivity contribution in [1.82, 2.24) is 0 Å². The van der Waals surface area contributed by atoms with Crippen LogP contribution in [0.2, 0.25) is 0 Å². The average Bonchev–Trinajstić information content (AvgIpc) is 2.25. The molecule has 1 rings (SSSR count). The Balaban J connectivity index is 3.06. The molecule has 1 aromatic carbocycles. The molecule has 70 valence electrons. The summed E-state index contributed by atoms with van der Waals surface area (Å²) in [6.07, 6.45) is 3.04. The number of rotatable bonds is 3. The first kappa shape index (κ1) is 10.3. The molecular weight excluding hydrogens is 172 g/mol. The summed E-state index contributed by atoms with van der Waals surface area (Å²) in [4.78, 5) is 0. The molecule has 0 fully saturated rings. The highest BCUT2D eigenvalue weighted by Gasteiger charge is 2.06. The predicted octanol–water partition coefficient (Wildman–Crippen LogP) is 2.77. The lowest BCUT2D eigenvalue weighted by Crippen LogP contribution is -1.93. The highest BCUT2D eigenvalue weighted by Crippen LogP contribution is 2.15. The first-order chi connectivity index (χ1) is 6.83. The van der Waals surface area contributed by atoms with E-state index in [9.17, 15) is 0 Å². The Morgan fingerprint density at radius 3 is 2.57 bits per heavy atom. The van der Waals surface area contributed by atoms with E-state index >= 15 is 0 Å². The summed E-state index contributed by atoms with van der Waals surface area (Å²) in [5.74, 6) is 0. The second-order valence-corrected chi connectivity index (χ2v) is 3.17. The number of aryl methyl sites for hydroxylation is 1. The van der Waals surface area contributed by atoms with Crippen LogP contribution in [0.4, 0.5) is 0 Å². The summed E-state index contributed by atoms with van der Waals surface area (Å²) in [5.41, 5.74) is 2.03. The molecule has 0 saturated heterocycles. The second kappa shape index (κ2) is 5.04. The van der Waals surface area contributed by atoms with Crippen LogP contribution in [-0.2, 0) is 6.42 Å². The zero-order chi connectivity index (χ0) is 10.4. The summed E-state index contributed by atoms with van der Waals surface area (Å²) >= 11 is 0. The van der Waals surface area contributed by atoms with Gasteiger partial charge >= 0.3 is 0 Å². The minimum atomic E-state index is 0.487. The van der Waals surface area contributed by atoms with Crippen molar-refractivity contribution in [2.75, 3.05) is 0 Å². The van der Waals surface area contributed by atoms with Gasteiger partial charge in [-0.05, 0) is 24.5 Å². The molecule has 1 aromatic rings. The van der Waals surface area contributed by atoms with E-state index in [0.717, 1.165) is 24.8 Å². The molecule has 2 heteroatoms. The molecule has 0 radical (unpaired) electrons. The van der Waals surface area contributed by atoms with Gasteiger partial charge in [0.25, 0.3) is 0 Å². The predicted molar refractivity (Wildman–Crippen MR) is 54.5 cm³/mol. The van der Waals surface area contributed by atoms with E-state index in [2.05, 4.69) is 13.0 Å². The highest BCUT2D eigenvalue weighted by molar-refractivity contribution is 5.50. The Morgan fingerprint density at radius 1 is 1.21 bits per heavy atom. The van der Waals surface area contributed by atoms with Crippen LogP contribution < -0.4 is 0 Å². The maximum Gasteiger partial charge on any atom is 0.101 e. The van der Waals surface area contributed by atoms with Gasteiger partial charge in [0, 0.05) is 0 Å². The molecule has 0 atom stereocenters. The standard InChI is InChI=1S/C12H12N2/c1-2-3-5-10-6-4-7-11(8-13)12(10)9-14/h4,6-7H,2-3,5H2,1H3. The lowest BCUT2D eigenvalue weighted by molar-refractivity contribution is 0.793. The van der Waals surface area contributed by atoms with E-state index in [1.54, 1.807) is 6.07 Å². The fourth-order valence-corrected chi connectivity index (χ4v) is 1.40. The molecule has 0 saturated carbocycles. The van der Waals surface area contributed by atoms with E-state index in [0.29, 0.717) is 11.1 Å². The minimum Gasteiger partial charge on any atom is -0.192 e. The Bertz CT molecular complexity index is 394. The topological polar surface area (TPSA) is 47.6 Å². The van der Waals surface area contributed by atoms with Crippen LogP contribution in [0.15, 0.2) is 18.2 Å². The summed E-state index contributed by atoms with van der Waals surface area (Å²) in [7, 11) is 0. The summed E-state index contributed by atoms with van der Waals surface area (Å²) in [5, 5.41) is 17.7. The molecule has 0 N–H and O–H groups in total. The molecule has 2 nitrogen and oxygen atoms in total. The number of benzene rings is 1. The SMILES string of the molecule is CCCCc1cccc(C#N)c1C#N. The largest absolute Gasteiger partial charge is 0.192 e. The molecule has 0 heterocycles. The quantitative estimate of drug-likeness (QED) is 0.725. The number of nitrogens with zero attached hydrogens (tertiary/aromatic N) is 2. The van der Waals surface area contributed by atoms with Gasteiger partial charge in [0.2, 0.25) is 0 Å². The Labute approximate surface area is 84.4 Å². The van der Waals surface area contributed by atoms with Crippen LogP contribution in [0, 0.1) is 22.7 Å². The molecule has 0 aromatic heterocycles. The van der Waals surface area contributed by atoms with Crippen LogP contribution >= 0.6 is 0 Å². The smallest absolute Gasteiger partial charge is 0.101 e. The molecule has 0 aliphatic rings. The number of nitriles is 2. The lowest BCUT2D eigenvalue weighted by atomic mass is 9.99. The molecule has 0 amide bonds. The molecule has 14 heavy (non-hydrogen) atoms. The summed E-state index contributed by atoms with van der Waals surface area (Å²) in [6.45, 7) is 2.11. The second-order valence-electron chi connectivity index (χ2n) is 3.17. The number of unbranched alkanes of at least 4 members (excludes halogenated alkanes) is 1. The van der Waals surface area contributed by atoms with Gasteiger partial charge in [0.15, 0.2) is 0 Å². The first-order valence-electron chi connectivity index (χ1n) is 4.75. The normalized spacial score (nSPS) is 9.07. The lowest BCUT2D eigenvalue weighted by Gasteiger charge is -2.03. The fraction of sp³-hybridized carbons (Fsp3) is 0.333. The maximum absolute atomic E-state index is 8.93. The zero-order valence-corrected chi connectivity index (χ0v) is 8.25. The molecular formula is C12H12N2. The van der Waals surface area contributed by atoms with E-state index in [1.165, 1.54) is 0 Å². The van der Waals surface area contributed by atoms with E-state index in [4.69, 9.17) is 10.5 Å². The molecule has 0 aliphatic heterocycles. The first-order valence-corrected chi connectivity index (χ1v) is 4.75. The van der Waals surface area contributed by atoms with Crippen molar-refractivity contribution in [3.05, 3.63) is 34.9 Å². The van der Waals surface area contributed by atoms with Crippen LogP contribution in [0.25, 0.3) is 0 Å². The monoisotopic (exact) mass is 184 g/mol. The van der Waals surface area contributed by atoms with Crippen molar-refractivity contribution in [3.63, 3.8) is 0 Å². The Morgan fingerprint density at radius 2 is 2.00 bits per heavy atom. The van der Waals surface area contributed by atoms with E-state index in [1.807, 2.05) is 18.2 Å². The van der Waals surface area contributed by atoms with Gasteiger partial charge in [-0.15, -0.1) is 0 Å². The number of hydrogen-bond acceptors (Lipinski definition) is 2. The van der Waals surface area contributed by atoms with Gasteiger partial charge in [-0.2, -0.15) is 10.5 Å². The van der Waals surface area contributed by atoms with Crippen molar-refractivity contribution in [2.24, 2.45) is 0 Å². The molecule has 0 spiro atoms. The molecule has 0 bridgehead atoms. The van der Waals surface area contributed by atoms with Crippen LogP contribution in [0.5, 0.6) is 0 Å². The van der Waals surface area contributed by atoms with E-state index < -0.39 is 0 Å². The Kier molecular flexibility index (Phi) is 3.70. The molecule has 0 aliphatic carbocycles. The van der Waals surface area contributed by atoms with E-state index in [-0.39, 0.29) is 0 Å². The van der Waals surface area contributed by atoms with Gasteiger partial charge in [-0.3, -0.25) is 0 Å². The minimum absolute atomic E-state index is 0.487. The Hall–Kier alpha value is -1.80. The highest BCUT2D eigenvalue weighted by atomic mass is 14.3. The van der Waals surface area contributed by atoms with Crippen molar-refractivity contribution in [3.8, 4) is 12.1 Å². The van der Waals surface area contributed by atoms with Gasteiger partial charge in [-0.1, -0.05) is 25.5 Å². The van der Waals surface area contributed by atoms with Gasteiger partial charge in [-0.25, -0.2) is 0 Å². The van der Waals surface area contributed by atoms with Gasteiger partial charge < -0.3 is 0 Å². The number of hydrogen-bond donors (Lipinski definition) is 0. The third-order valence-corrected chi connectivity index (χ3v) is 2.18. The summed E-state index contributed by atoms with van der Waals surface area (Å²) < 4.78 is 0. The van der Waals surface area contributed by atoms with Crippen LogP contribution in [0.1, 0.15) is 36.5 Å². The molecule has 0 unspecified atom stereocenters. The fourth-order valence-electron chi connectivity index (χ4n) is 1.40.